The van der Waals surface area contributed by atoms with Gasteiger partial charge in [-0.15, -0.1) is 0 Å². The lowest BCUT2D eigenvalue weighted by Crippen LogP contribution is -2.68. The van der Waals surface area contributed by atoms with Crippen molar-refractivity contribution in [3.05, 3.63) is 0 Å². The van der Waals surface area contributed by atoms with Gasteiger partial charge in [-0.2, -0.15) is 12.6 Å². The molecule has 2 fully saturated rings. The van der Waals surface area contributed by atoms with Gasteiger partial charge in [0.25, 0.3) is 0 Å². The molecule has 0 unspecified atom stereocenters. The molecule has 18 nitrogen and oxygen atoms in total. The summed E-state index contributed by atoms with van der Waals surface area (Å²) in [6, 6.07) is -1.16. The number of rotatable bonds is 29. The summed E-state index contributed by atoms with van der Waals surface area (Å²) in [5.74, 6) is 0.384. The maximum atomic E-state index is 12.0. The number of aliphatic hydroxyl groups is 6. The molecule has 50 heavy (non-hydrogen) atoms. The first-order valence-corrected chi connectivity index (χ1v) is 17.7. The van der Waals surface area contributed by atoms with E-state index in [1.807, 2.05) is 0 Å². The van der Waals surface area contributed by atoms with Crippen LogP contribution < -0.4 is 5.32 Å². The highest BCUT2D eigenvalue weighted by Crippen LogP contribution is 2.29. The van der Waals surface area contributed by atoms with E-state index in [1.165, 1.54) is 6.92 Å². The van der Waals surface area contributed by atoms with Gasteiger partial charge < -0.3 is 83.3 Å². The third kappa shape index (κ3) is 17.3. The molecule has 0 spiro atoms. The molecular weight excluding hydrogens is 690 g/mol. The molecule has 296 valence electrons. The highest BCUT2D eigenvalue weighted by molar-refractivity contribution is 7.80. The topological polar surface area (TPSA) is 243 Å². The first-order valence-electron chi connectivity index (χ1n) is 17.1. The molecule has 1 amide bonds. The molecule has 2 aliphatic heterocycles. The maximum absolute atomic E-state index is 12.0. The molecule has 19 heteroatoms. The summed E-state index contributed by atoms with van der Waals surface area (Å²) >= 11 is 4.18. The molecule has 0 saturated carbocycles. The number of amides is 1. The summed E-state index contributed by atoms with van der Waals surface area (Å²) in [7, 11) is 0. The first kappa shape index (κ1) is 45.3. The Hall–Kier alpha value is -0.820. The second-order valence-electron chi connectivity index (χ2n) is 11.6. The van der Waals surface area contributed by atoms with Crippen molar-refractivity contribution in [2.45, 2.75) is 87.5 Å². The van der Waals surface area contributed by atoms with Gasteiger partial charge in [0.15, 0.2) is 12.6 Å². The molecule has 2 heterocycles. The molecule has 7 N–H and O–H groups in total. The van der Waals surface area contributed by atoms with Crippen LogP contribution in [0.2, 0.25) is 0 Å². The average molecular weight is 750 g/mol. The molecule has 2 saturated heterocycles. The lowest BCUT2D eigenvalue weighted by molar-refractivity contribution is -0.345. The Bertz CT molecular complexity index is 851. The lowest BCUT2D eigenvalue weighted by atomic mass is 9.95. The SMILES string of the molecule is CC(=O)N[C@H]1[C@@H](OCCOCCOCCOCCOCCOCCOCCCCCS)O[C@H](CO)[C@H](O)[C@@H]1O[C@@H]1O[C@H](CO)[C@H](O)[C@H](O)[C@H]1O. The Balaban J connectivity index is 1.58. The first-order chi connectivity index (χ1) is 24.2. The van der Waals surface area contributed by atoms with Crippen LogP contribution in [0.1, 0.15) is 26.2 Å². The van der Waals surface area contributed by atoms with Crippen LogP contribution in [0.15, 0.2) is 0 Å². The lowest BCUT2D eigenvalue weighted by Gasteiger charge is -2.47. The summed E-state index contributed by atoms with van der Waals surface area (Å²) in [6.45, 7) is 5.01. The second kappa shape index (κ2) is 27.7. The van der Waals surface area contributed by atoms with E-state index in [4.69, 9.17) is 47.4 Å². The van der Waals surface area contributed by atoms with Crippen molar-refractivity contribution < 1.29 is 82.8 Å². The number of thiol groups is 1. The van der Waals surface area contributed by atoms with E-state index >= 15 is 0 Å². The Morgan fingerprint density at radius 1 is 0.600 bits per heavy atom. The zero-order valence-corrected chi connectivity index (χ0v) is 29.7. The third-order valence-electron chi connectivity index (χ3n) is 7.68. The molecule has 0 bridgehead atoms. The predicted molar refractivity (Wildman–Crippen MR) is 177 cm³/mol. The van der Waals surface area contributed by atoms with Gasteiger partial charge in [0.1, 0.15) is 48.8 Å². The summed E-state index contributed by atoms with van der Waals surface area (Å²) in [6.07, 6.45) is -10.1. The van der Waals surface area contributed by atoms with E-state index in [9.17, 15) is 35.4 Å². The molecule has 2 rings (SSSR count). The number of nitrogens with one attached hydrogen (secondary N) is 1. The van der Waals surface area contributed by atoms with Crippen molar-refractivity contribution in [2.75, 3.05) is 105 Å². The number of hydrogen-bond acceptors (Lipinski definition) is 18. The summed E-state index contributed by atoms with van der Waals surface area (Å²) in [5, 5.41) is 63.4. The summed E-state index contributed by atoms with van der Waals surface area (Å²) < 4.78 is 55.5. The molecule has 0 aromatic rings. The van der Waals surface area contributed by atoms with Crippen LogP contribution in [0, 0.1) is 0 Å². The van der Waals surface area contributed by atoms with E-state index in [0.717, 1.165) is 31.6 Å². The van der Waals surface area contributed by atoms with Crippen LogP contribution in [0.4, 0.5) is 0 Å². The van der Waals surface area contributed by atoms with Gasteiger partial charge in [-0.25, -0.2) is 0 Å². The van der Waals surface area contributed by atoms with Gasteiger partial charge in [-0.05, 0) is 18.6 Å². The molecule has 0 aliphatic carbocycles. The fourth-order valence-electron chi connectivity index (χ4n) is 5.01. The number of unbranched alkanes of at least 4 members (excludes halogenated alkanes) is 2. The normalized spacial score (nSPS) is 30.1. The number of hydrogen-bond donors (Lipinski definition) is 8. The number of carbonyl (C=O) groups is 1. The predicted octanol–water partition coefficient (Wildman–Crippen LogP) is -3.03. The molecule has 0 aromatic carbocycles. The van der Waals surface area contributed by atoms with E-state index < -0.39 is 80.5 Å². The molecular formula is C31H59NO17S. The van der Waals surface area contributed by atoms with E-state index in [1.54, 1.807) is 0 Å². The minimum absolute atomic E-state index is 0.0132. The van der Waals surface area contributed by atoms with Crippen LogP contribution in [0.5, 0.6) is 0 Å². The third-order valence-corrected chi connectivity index (χ3v) is 8.00. The standard InChI is InChI=1S/C31H59NO17S/c1-21(35)32-24-29(49-31-28(39)27(38)25(36)22(19-33)48-31)26(37)23(20-34)47-30(24)46-17-16-45-15-14-44-13-12-43-11-10-42-9-8-41-7-6-40-5-3-2-4-18-50/h22-31,33-34,36-39,50H,2-20H2,1H3,(H,32,35)/t22-,23-,24-,25+,26+,27+,28-,29-,30+,31+/m1/s1. The molecule has 10 atom stereocenters. The van der Waals surface area contributed by atoms with Crippen LogP contribution >= 0.6 is 12.6 Å². The number of ether oxygens (including phenoxy) is 10. The van der Waals surface area contributed by atoms with E-state index in [2.05, 4.69) is 17.9 Å². The molecule has 0 aromatic heterocycles. The Morgan fingerprint density at radius 3 is 1.54 bits per heavy atom. The fraction of sp³-hybridized carbons (Fsp3) is 0.968. The van der Waals surface area contributed by atoms with Crippen LogP contribution in [-0.2, 0) is 52.2 Å². The minimum Gasteiger partial charge on any atom is -0.394 e. The zero-order chi connectivity index (χ0) is 36.6. The van der Waals surface area contributed by atoms with Gasteiger partial charge in [0.2, 0.25) is 5.91 Å². The fourth-order valence-corrected chi connectivity index (χ4v) is 5.24. The van der Waals surface area contributed by atoms with Crippen molar-refractivity contribution >= 4 is 18.5 Å². The van der Waals surface area contributed by atoms with Crippen LogP contribution in [0.3, 0.4) is 0 Å². The van der Waals surface area contributed by atoms with Crippen LogP contribution in [0.25, 0.3) is 0 Å². The van der Waals surface area contributed by atoms with E-state index in [-0.39, 0.29) is 19.8 Å². The summed E-state index contributed by atoms with van der Waals surface area (Å²) in [4.78, 5) is 12.0. The molecule has 0 radical (unpaired) electrons. The van der Waals surface area contributed by atoms with Crippen molar-refractivity contribution in [1.82, 2.24) is 5.32 Å². The van der Waals surface area contributed by atoms with Crippen molar-refractivity contribution in [1.29, 1.82) is 0 Å². The quantitative estimate of drug-likeness (QED) is 0.0280. The number of aliphatic hydroxyl groups excluding tert-OH is 6. The number of carbonyl (C=O) groups excluding carboxylic acids is 1. The van der Waals surface area contributed by atoms with Crippen molar-refractivity contribution in [2.24, 2.45) is 0 Å². The zero-order valence-electron chi connectivity index (χ0n) is 28.8. The monoisotopic (exact) mass is 749 g/mol. The molecule has 2 aliphatic rings. The van der Waals surface area contributed by atoms with Gasteiger partial charge >= 0.3 is 0 Å². The van der Waals surface area contributed by atoms with Crippen molar-refractivity contribution in [3.8, 4) is 0 Å². The largest absolute Gasteiger partial charge is 0.394 e. The van der Waals surface area contributed by atoms with Gasteiger partial charge in [-0.3, -0.25) is 4.79 Å². The minimum atomic E-state index is -1.77. The van der Waals surface area contributed by atoms with Gasteiger partial charge in [-0.1, -0.05) is 6.42 Å². The Morgan fingerprint density at radius 2 is 1.06 bits per heavy atom. The Kier molecular flexibility index (Phi) is 25.2. The average Bonchev–Trinajstić information content (AvgIpc) is 3.10. The highest BCUT2D eigenvalue weighted by Gasteiger charge is 2.51. The smallest absolute Gasteiger partial charge is 0.217 e. The Labute approximate surface area is 298 Å². The van der Waals surface area contributed by atoms with Gasteiger partial charge in [0, 0.05) is 13.5 Å². The second-order valence-corrected chi connectivity index (χ2v) is 12.0. The highest BCUT2D eigenvalue weighted by atomic mass is 32.1. The summed E-state index contributed by atoms with van der Waals surface area (Å²) in [5.41, 5.74) is 0. The van der Waals surface area contributed by atoms with Crippen molar-refractivity contribution in [3.63, 3.8) is 0 Å². The maximum Gasteiger partial charge on any atom is 0.217 e. The van der Waals surface area contributed by atoms with E-state index in [0.29, 0.717) is 59.5 Å². The van der Waals surface area contributed by atoms with Gasteiger partial charge in [0.05, 0.1) is 92.5 Å². The van der Waals surface area contributed by atoms with Crippen LogP contribution in [-0.4, -0.2) is 203 Å².